The minimum atomic E-state index is -3.26. The van der Waals surface area contributed by atoms with Gasteiger partial charge in [0, 0.05) is 32.4 Å². The van der Waals surface area contributed by atoms with Crippen molar-refractivity contribution in [2.24, 2.45) is 0 Å². The Kier molecular flexibility index (Phi) is 3.49. The van der Waals surface area contributed by atoms with E-state index in [1.807, 2.05) is 0 Å². The maximum Gasteiger partial charge on any atom is 0.240 e. The van der Waals surface area contributed by atoms with Gasteiger partial charge in [0.2, 0.25) is 5.91 Å². The van der Waals surface area contributed by atoms with Crippen LogP contribution in [0.1, 0.15) is 6.92 Å². The van der Waals surface area contributed by atoms with Crippen LogP contribution in [0, 0.1) is 0 Å². The molecule has 5 nitrogen and oxygen atoms in total. The van der Waals surface area contributed by atoms with Crippen LogP contribution in [-0.4, -0.2) is 56.9 Å². The van der Waals surface area contributed by atoms with E-state index in [0.29, 0.717) is 13.1 Å². The van der Waals surface area contributed by atoms with Crippen LogP contribution < -0.4 is 5.32 Å². The quantitative estimate of drug-likeness (QED) is 0.638. The Morgan fingerprint density at radius 1 is 1.36 bits per heavy atom. The molecule has 1 unspecified atom stereocenters. The Labute approximate surface area is 84.4 Å². The lowest BCUT2D eigenvalue weighted by molar-refractivity contribution is -0.130. The van der Waals surface area contributed by atoms with Gasteiger partial charge in [-0.05, 0) is 6.92 Å². The van der Waals surface area contributed by atoms with E-state index >= 15 is 0 Å². The number of hydrogen-bond donors (Lipinski definition) is 1. The molecule has 1 amide bonds. The summed E-state index contributed by atoms with van der Waals surface area (Å²) >= 11 is 0. The second-order valence-electron chi connectivity index (χ2n) is 3.55. The first-order chi connectivity index (χ1) is 6.43. The van der Waals surface area contributed by atoms with Crippen LogP contribution in [0.4, 0.5) is 0 Å². The lowest BCUT2D eigenvalue weighted by Gasteiger charge is -2.29. The molecule has 0 bridgehead atoms. The highest BCUT2D eigenvalue weighted by Crippen LogP contribution is 2.04. The molecule has 0 aromatic rings. The zero-order chi connectivity index (χ0) is 10.8. The lowest BCUT2D eigenvalue weighted by Crippen LogP contribution is -2.50. The molecule has 0 aromatic carbocycles. The Morgan fingerprint density at radius 3 is 2.29 bits per heavy atom. The van der Waals surface area contributed by atoms with Crippen molar-refractivity contribution in [3.05, 3.63) is 0 Å². The molecule has 1 heterocycles. The summed E-state index contributed by atoms with van der Waals surface area (Å²) in [5, 5.41) is 2.19. The summed E-state index contributed by atoms with van der Waals surface area (Å²) in [5.74, 6) is -0.283. The minimum Gasteiger partial charge on any atom is -0.339 e. The van der Waals surface area contributed by atoms with E-state index in [2.05, 4.69) is 5.32 Å². The van der Waals surface area contributed by atoms with Gasteiger partial charge in [-0.2, -0.15) is 0 Å². The predicted molar refractivity (Wildman–Crippen MR) is 53.8 cm³/mol. The Balaban J connectivity index is 2.64. The predicted octanol–water partition coefficient (Wildman–Crippen LogP) is -1.15. The van der Waals surface area contributed by atoms with Crippen LogP contribution in [-0.2, 0) is 14.6 Å². The highest BCUT2D eigenvalue weighted by molar-refractivity contribution is 7.92. The molecule has 0 saturated carbocycles. The third-order valence-corrected chi connectivity index (χ3v) is 3.90. The summed E-state index contributed by atoms with van der Waals surface area (Å²) in [7, 11) is -3.26. The molecule has 1 rings (SSSR count). The molecule has 0 radical (unpaired) electrons. The van der Waals surface area contributed by atoms with E-state index in [4.69, 9.17) is 0 Å². The maximum absolute atomic E-state index is 11.7. The number of nitrogens with one attached hydrogen (secondary N) is 1. The zero-order valence-corrected chi connectivity index (χ0v) is 9.30. The number of carbonyl (C=O) groups excluding carboxylic acids is 1. The van der Waals surface area contributed by atoms with Gasteiger partial charge in [0.1, 0.15) is 5.25 Å². The number of nitrogens with zero attached hydrogens (tertiary/aromatic N) is 1. The van der Waals surface area contributed by atoms with Crippen LogP contribution in [0.2, 0.25) is 0 Å². The van der Waals surface area contributed by atoms with Gasteiger partial charge >= 0.3 is 0 Å². The van der Waals surface area contributed by atoms with Crippen molar-refractivity contribution in [3.8, 4) is 0 Å². The van der Waals surface area contributed by atoms with E-state index in [0.717, 1.165) is 19.3 Å². The standard InChI is InChI=1S/C8H16N2O3S/c1-7(14(2,12)13)8(11)10-5-3-9-4-6-10/h7,9H,3-6H2,1-2H3. The summed E-state index contributed by atoms with van der Waals surface area (Å²) in [4.78, 5) is 13.3. The largest absolute Gasteiger partial charge is 0.339 e. The van der Waals surface area contributed by atoms with Crippen molar-refractivity contribution in [1.29, 1.82) is 0 Å². The van der Waals surface area contributed by atoms with Gasteiger partial charge in [-0.1, -0.05) is 0 Å². The highest BCUT2D eigenvalue weighted by Gasteiger charge is 2.28. The van der Waals surface area contributed by atoms with E-state index < -0.39 is 15.1 Å². The molecule has 1 fully saturated rings. The number of rotatable bonds is 2. The van der Waals surface area contributed by atoms with E-state index in [9.17, 15) is 13.2 Å². The highest BCUT2D eigenvalue weighted by atomic mass is 32.2. The van der Waals surface area contributed by atoms with Crippen LogP contribution in [0.15, 0.2) is 0 Å². The van der Waals surface area contributed by atoms with Crippen LogP contribution in [0.5, 0.6) is 0 Å². The van der Waals surface area contributed by atoms with Crippen LogP contribution >= 0.6 is 0 Å². The van der Waals surface area contributed by atoms with Gasteiger partial charge in [-0.25, -0.2) is 8.42 Å². The molecular weight excluding hydrogens is 204 g/mol. The topological polar surface area (TPSA) is 66.5 Å². The molecule has 0 aliphatic carbocycles. The summed E-state index contributed by atoms with van der Waals surface area (Å²) in [5.41, 5.74) is 0. The first-order valence-corrected chi connectivity index (χ1v) is 6.57. The number of amides is 1. The molecule has 1 aliphatic heterocycles. The third-order valence-electron chi connectivity index (χ3n) is 2.42. The summed E-state index contributed by atoms with van der Waals surface area (Å²) < 4.78 is 22.3. The van der Waals surface area contributed by atoms with Crippen molar-refractivity contribution < 1.29 is 13.2 Å². The van der Waals surface area contributed by atoms with E-state index in [-0.39, 0.29) is 5.91 Å². The van der Waals surface area contributed by atoms with E-state index in [1.165, 1.54) is 6.92 Å². The molecule has 0 spiro atoms. The Hall–Kier alpha value is -0.620. The summed E-state index contributed by atoms with van der Waals surface area (Å²) in [6, 6.07) is 0. The van der Waals surface area contributed by atoms with E-state index in [1.54, 1.807) is 4.90 Å². The average Bonchev–Trinajstić information content (AvgIpc) is 2.15. The molecular formula is C8H16N2O3S. The van der Waals surface area contributed by atoms with Gasteiger partial charge < -0.3 is 10.2 Å². The van der Waals surface area contributed by atoms with Crippen molar-refractivity contribution in [2.75, 3.05) is 32.4 Å². The normalized spacial score (nSPS) is 20.6. The average molecular weight is 220 g/mol. The number of hydrogen-bond acceptors (Lipinski definition) is 4. The number of piperazine rings is 1. The smallest absolute Gasteiger partial charge is 0.240 e. The Morgan fingerprint density at radius 2 is 1.86 bits per heavy atom. The molecule has 1 saturated heterocycles. The molecule has 14 heavy (non-hydrogen) atoms. The molecule has 1 aliphatic rings. The van der Waals surface area contributed by atoms with Crippen molar-refractivity contribution >= 4 is 15.7 Å². The SMILES string of the molecule is CC(C(=O)N1CCNCC1)S(C)(=O)=O. The lowest BCUT2D eigenvalue weighted by atomic mass is 10.3. The minimum absolute atomic E-state index is 0.283. The molecule has 0 aromatic heterocycles. The molecule has 6 heteroatoms. The first kappa shape index (κ1) is 11.5. The fourth-order valence-electron chi connectivity index (χ4n) is 1.33. The molecule has 1 atom stereocenters. The van der Waals surface area contributed by atoms with Crippen LogP contribution in [0.3, 0.4) is 0 Å². The van der Waals surface area contributed by atoms with Gasteiger partial charge in [0.05, 0.1) is 0 Å². The Bertz CT molecular complexity index is 307. The first-order valence-electron chi connectivity index (χ1n) is 4.61. The fraction of sp³-hybridized carbons (Fsp3) is 0.875. The number of sulfone groups is 1. The van der Waals surface area contributed by atoms with Gasteiger partial charge in [-0.15, -0.1) is 0 Å². The molecule has 82 valence electrons. The van der Waals surface area contributed by atoms with Gasteiger partial charge in [0.15, 0.2) is 9.84 Å². The van der Waals surface area contributed by atoms with Crippen molar-refractivity contribution in [3.63, 3.8) is 0 Å². The van der Waals surface area contributed by atoms with Crippen molar-refractivity contribution in [2.45, 2.75) is 12.2 Å². The summed E-state index contributed by atoms with van der Waals surface area (Å²) in [6.07, 6.45) is 1.10. The zero-order valence-electron chi connectivity index (χ0n) is 8.49. The molecule has 1 N–H and O–H groups in total. The second-order valence-corrected chi connectivity index (χ2v) is 5.91. The fourth-order valence-corrected chi connectivity index (χ4v) is 1.84. The van der Waals surface area contributed by atoms with Crippen LogP contribution in [0.25, 0.3) is 0 Å². The monoisotopic (exact) mass is 220 g/mol. The maximum atomic E-state index is 11.7. The van der Waals surface area contributed by atoms with Crippen molar-refractivity contribution in [1.82, 2.24) is 10.2 Å². The second kappa shape index (κ2) is 4.27. The van der Waals surface area contributed by atoms with Gasteiger partial charge in [-0.3, -0.25) is 4.79 Å². The van der Waals surface area contributed by atoms with Gasteiger partial charge in [0.25, 0.3) is 0 Å². The number of carbonyl (C=O) groups is 1. The summed E-state index contributed by atoms with van der Waals surface area (Å²) in [6.45, 7) is 4.11. The third kappa shape index (κ3) is 2.68.